The molecule has 0 aliphatic carbocycles. The number of carbonyl (C=O) groups excluding carboxylic acids is 2. The van der Waals surface area contributed by atoms with E-state index in [9.17, 15) is 9.59 Å². The van der Waals surface area contributed by atoms with Gasteiger partial charge in [0, 0.05) is 35.9 Å². The number of fused-ring (bicyclic) bond motifs is 3. The van der Waals surface area contributed by atoms with E-state index < -0.39 is 0 Å². The first-order valence-electron chi connectivity index (χ1n) is 12.5. The fourth-order valence-electron chi connectivity index (χ4n) is 5.81. The number of benzene rings is 3. The van der Waals surface area contributed by atoms with Crippen molar-refractivity contribution in [1.29, 1.82) is 0 Å². The van der Waals surface area contributed by atoms with Gasteiger partial charge in [-0.25, -0.2) is 0 Å². The first-order valence-corrected chi connectivity index (χ1v) is 12.5. The van der Waals surface area contributed by atoms with Gasteiger partial charge in [-0.1, -0.05) is 48.5 Å². The van der Waals surface area contributed by atoms with Crippen molar-refractivity contribution in [2.45, 2.75) is 45.1 Å². The number of hydrogen-bond donors (Lipinski definition) is 0. The lowest BCUT2D eigenvalue weighted by atomic mass is 9.75. The molecule has 2 amide bonds. The van der Waals surface area contributed by atoms with Crippen molar-refractivity contribution in [3.63, 3.8) is 0 Å². The number of nitrogens with zero attached hydrogens (tertiary/aromatic N) is 2. The van der Waals surface area contributed by atoms with Gasteiger partial charge >= 0.3 is 0 Å². The van der Waals surface area contributed by atoms with Gasteiger partial charge in [0.25, 0.3) is 5.91 Å². The summed E-state index contributed by atoms with van der Waals surface area (Å²) in [5, 5.41) is 2.01. The summed E-state index contributed by atoms with van der Waals surface area (Å²) in [6.45, 7) is 6.32. The molecule has 0 saturated carbocycles. The molecule has 35 heavy (non-hydrogen) atoms. The Morgan fingerprint density at radius 3 is 2.34 bits per heavy atom. The summed E-state index contributed by atoms with van der Waals surface area (Å²) in [6.07, 6.45) is 3.08. The molecule has 2 aliphatic heterocycles. The minimum absolute atomic E-state index is 0.0378. The Kier molecular flexibility index (Phi) is 5.17. The van der Waals surface area contributed by atoms with E-state index in [0.717, 1.165) is 47.7 Å². The second kappa shape index (κ2) is 8.26. The van der Waals surface area contributed by atoms with E-state index in [1.165, 1.54) is 11.1 Å². The molecule has 0 unspecified atom stereocenters. The Bertz CT molecular complexity index is 1460. The van der Waals surface area contributed by atoms with Gasteiger partial charge in [-0.15, -0.1) is 0 Å². The van der Waals surface area contributed by atoms with Crippen LogP contribution in [-0.4, -0.2) is 46.8 Å². The van der Waals surface area contributed by atoms with E-state index in [0.29, 0.717) is 30.7 Å². The standard InChI is InChI=1S/C30H30N2O3/c1-20-10-11-22(18-21(20)2)19-27(33)31-15-12-30(13-16-31)14-17-32(30)29(34)25-8-5-7-24-23-6-3-4-9-26(23)35-28(24)25/h3-11,18H,12-17,19H2,1-2H3. The molecule has 0 radical (unpaired) electrons. The molecule has 178 valence electrons. The summed E-state index contributed by atoms with van der Waals surface area (Å²) in [4.78, 5) is 30.7. The van der Waals surface area contributed by atoms with Crippen molar-refractivity contribution in [2.24, 2.45) is 0 Å². The summed E-state index contributed by atoms with van der Waals surface area (Å²) in [6, 6.07) is 20.0. The van der Waals surface area contributed by atoms with E-state index in [-0.39, 0.29) is 17.4 Å². The van der Waals surface area contributed by atoms with Crippen LogP contribution >= 0.6 is 0 Å². The van der Waals surface area contributed by atoms with Crippen molar-refractivity contribution in [3.8, 4) is 0 Å². The van der Waals surface area contributed by atoms with Gasteiger partial charge in [0.2, 0.25) is 5.91 Å². The molecule has 2 fully saturated rings. The van der Waals surface area contributed by atoms with Gasteiger partial charge in [0.05, 0.1) is 12.0 Å². The smallest absolute Gasteiger partial charge is 0.258 e. The van der Waals surface area contributed by atoms with Crippen LogP contribution in [0.5, 0.6) is 0 Å². The zero-order valence-electron chi connectivity index (χ0n) is 20.3. The molecule has 2 aliphatic rings. The maximum Gasteiger partial charge on any atom is 0.258 e. The van der Waals surface area contributed by atoms with Crippen LogP contribution < -0.4 is 0 Å². The summed E-state index contributed by atoms with van der Waals surface area (Å²) < 4.78 is 6.12. The van der Waals surface area contributed by atoms with Crippen molar-refractivity contribution in [2.75, 3.05) is 19.6 Å². The number of piperidine rings is 1. The molecular formula is C30H30N2O3. The van der Waals surface area contributed by atoms with Crippen LogP contribution in [0.3, 0.4) is 0 Å². The normalized spacial score (nSPS) is 17.2. The van der Waals surface area contributed by atoms with Crippen LogP contribution in [0.1, 0.15) is 46.3 Å². The van der Waals surface area contributed by atoms with Crippen molar-refractivity contribution in [1.82, 2.24) is 9.80 Å². The quantitative estimate of drug-likeness (QED) is 0.392. The predicted octanol–water partition coefficient (Wildman–Crippen LogP) is 5.65. The van der Waals surface area contributed by atoms with Gasteiger partial charge in [-0.2, -0.15) is 0 Å². The first-order chi connectivity index (χ1) is 16.9. The molecule has 5 nitrogen and oxygen atoms in total. The number of carbonyl (C=O) groups is 2. The van der Waals surface area contributed by atoms with Crippen molar-refractivity contribution < 1.29 is 14.0 Å². The zero-order chi connectivity index (χ0) is 24.2. The van der Waals surface area contributed by atoms with Crippen LogP contribution in [0.2, 0.25) is 0 Å². The largest absolute Gasteiger partial charge is 0.455 e. The Balaban J connectivity index is 1.17. The van der Waals surface area contributed by atoms with Gasteiger partial charge in [0.1, 0.15) is 11.2 Å². The molecule has 3 heterocycles. The van der Waals surface area contributed by atoms with Gasteiger partial charge < -0.3 is 14.2 Å². The molecule has 5 heteroatoms. The number of likely N-dealkylation sites (tertiary alicyclic amines) is 2. The fraction of sp³-hybridized carbons (Fsp3) is 0.333. The third-order valence-electron chi connectivity index (χ3n) is 8.23. The Hall–Kier alpha value is -3.60. The van der Waals surface area contributed by atoms with E-state index in [1.807, 2.05) is 52.3 Å². The second-order valence-corrected chi connectivity index (χ2v) is 10.2. The molecule has 4 aromatic rings. The maximum absolute atomic E-state index is 13.7. The third-order valence-corrected chi connectivity index (χ3v) is 8.23. The molecule has 1 aromatic heterocycles. The van der Waals surface area contributed by atoms with E-state index in [4.69, 9.17) is 4.42 Å². The fourth-order valence-corrected chi connectivity index (χ4v) is 5.81. The highest BCUT2D eigenvalue weighted by molar-refractivity contribution is 6.13. The minimum Gasteiger partial charge on any atom is -0.455 e. The molecule has 0 atom stereocenters. The van der Waals surface area contributed by atoms with E-state index in [1.54, 1.807) is 0 Å². The summed E-state index contributed by atoms with van der Waals surface area (Å²) in [7, 11) is 0. The monoisotopic (exact) mass is 466 g/mol. The number of rotatable bonds is 3. The summed E-state index contributed by atoms with van der Waals surface area (Å²) >= 11 is 0. The number of furan rings is 1. The molecular weight excluding hydrogens is 436 g/mol. The van der Waals surface area contributed by atoms with Gasteiger partial charge in [-0.3, -0.25) is 9.59 Å². The SMILES string of the molecule is Cc1ccc(CC(=O)N2CCC3(CC2)CCN3C(=O)c2cccc3c2oc2ccccc23)cc1C. The highest BCUT2D eigenvalue weighted by Gasteiger charge is 2.49. The minimum atomic E-state index is -0.150. The molecule has 0 bridgehead atoms. The lowest BCUT2D eigenvalue weighted by Gasteiger charge is -2.56. The second-order valence-electron chi connectivity index (χ2n) is 10.2. The average molecular weight is 467 g/mol. The lowest BCUT2D eigenvalue weighted by Crippen LogP contribution is -2.66. The topological polar surface area (TPSA) is 53.8 Å². The van der Waals surface area contributed by atoms with Crippen LogP contribution in [0.25, 0.3) is 21.9 Å². The Morgan fingerprint density at radius 1 is 0.857 bits per heavy atom. The number of hydrogen-bond acceptors (Lipinski definition) is 3. The van der Waals surface area contributed by atoms with E-state index >= 15 is 0 Å². The highest BCUT2D eigenvalue weighted by atomic mass is 16.3. The maximum atomic E-state index is 13.7. The molecule has 2 saturated heterocycles. The summed E-state index contributed by atoms with van der Waals surface area (Å²) in [5.41, 5.74) is 5.48. The molecule has 3 aromatic carbocycles. The van der Waals surface area contributed by atoms with Gasteiger partial charge in [0.15, 0.2) is 0 Å². The van der Waals surface area contributed by atoms with Crippen molar-refractivity contribution in [3.05, 3.63) is 82.9 Å². The van der Waals surface area contributed by atoms with Crippen LogP contribution in [0.4, 0.5) is 0 Å². The van der Waals surface area contributed by atoms with Crippen molar-refractivity contribution >= 4 is 33.8 Å². The van der Waals surface area contributed by atoms with E-state index in [2.05, 4.69) is 32.0 Å². The third kappa shape index (κ3) is 3.61. The average Bonchev–Trinajstić information content (AvgIpc) is 3.24. The summed E-state index contributed by atoms with van der Waals surface area (Å²) in [5.74, 6) is 0.211. The highest BCUT2D eigenvalue weighted by Crippen LogP contribution is 2.42. The lowest BCUT2D eigenvalue weighted by molar-refractivity contribution is -0.134. The van der Waals surface area contributed by atoms with Gasteiger partial charge in [-0.05, 0) is 61.9 Å². The number of aryl methyl sites for hydroxylation is 2. The number of para-hydroxylation sites is 2. The molecule has 0 N–H and O–H groups in total. The van der Waals surface area contributed by atoms with Crippen LogP contribution in [-0.2, 0) is 11.2 Å². The zero-order valence-corrected chi connectivity index (χ0v) is 20.3. The Labute approximate surface area is 205 Å². The van der Waals surface area contributed by atoms with Crippen LogP contribution in [0.15, 0.2) is 65.1 Å². The first kappa shape index (κ1) is 21.9. The number of amides is 2. The Morgan fingerprint density at radius 2 is 1.60 bits per heavy atom. The van der Waals surface area contributed by atoms with Crippen LogP contribution in [0, 0.1) is 13.8 Å². The predicted molar refractivity (Wildman–Crippen MR) is 138 cm³/mol. The molecule has 6 rings (SSSR count). The molecule has 1 spiro atoms.